The van der Waals surface area contributed by atoms with Gasteiger partial charge < -0.3 is 9.64 Å². The highest BCUT2D eigenvalue weighted by Gasteiger charge is 2.37. The van der Waals surface area contributed by atoms with Crippen LogP contribution in [0.2, 0.25) is 0 Å². The molecular weight excluding hydrogens is 462 g/mol. The number of hydrogen-bond acceptors (Lipinski definition) is 5. The van der Waals surface area contributed by atoms with E-state index in [9.17, 15) is 13.2 Å². The summed E-state index contributed by atoms with van der Waals surface area (Å²) in [7, 11) is -2.28. The normalized spacial score (nSPS) is 20.2. The molecule has 190 valence electrons. The number of piperazine rings is 1. The van der Waals surface area contributed by atoms with Crippen molar-refractivity contribution in [3.05, 3.63) is 59.7 Å². The fourth-order valence-corrected chi connectivity index (χ4v) is 6.70. The van der Waals surface area contributed by atoms with Crippen molar-refractivity contribution in [2.45, 2.75) is 44.0 Å². The van der Waals surface area contributed by atoms with Gasteiger partial charge in [-0.15, -0.1) is 0 Å². The van der Waals surface area contributed by atoms with E-state index in [0.29, 0.717) is 31.8 Å². The number of sulfonamides is 1. The van der Waals surface area contributed by atoms with Crippen LogP contribution < -0.4 is 4.74 Å². The van der Waals surface area contributed by atoms with Gasteiger partial charge in [-0.1, -0.05) is 50.2 Å². The van der Waals surface area contributed by atoms with Crippen molar-refractivity contribution in [2.75, 3.05) is 46.4 Å². The molecule has 0 unspecified atom stereocenters. The van der Waals surface area contributed by atoms with Gasteiger partial charge in [0.1, 0.15) is 10.6 Å². The van der Waals surface area contributed by atoms with Crippen LogP contribution in [0.3, 0.4) is 0 Å². The van der Waals surface area contributed by atoms with Crippen LogP contribution in [0.4, 0.5) is 0 Å². The zero-order valence-corrected chi connectivity index (χ0v) is 21.8. The predicted molar refractivity (Wildman–Crippen MR) is 137 cm³/mol. The lowest BCUT2D eigenvalue weighted by Gasteiger charge is -2.38. The van der Waals surface area contributed by atoms with Crippen molar-refractivity contribution < 1.29 is 17.9 Å². The minimum Gasteiger partial charge on any atom is -0.495 e. The third kappa shape index (κ3) is 5.88. The highest BCUT2D eigenvalue weighted by atomic mass is 32.2. The molecule has 4 rings (SSSR count). The fourth-order valence-electron chi connectivity index (χ4n) is 4.98. The molecule has 0 aliphatic carbocycles. The van der Waals surface area contributed by atoms with E-state index >= 15 is 0 Å². The standard InChI is InChI=1S/C27H37N3O4S/c1-21(2)23-11-12-25(34-3)26(18-23)35(32,33)30-13-7-10-24(20-30)27(31)29-16-14-28(15-17-29)19-22-8-5-4-6-9-22/h4-6,8-9,11-12,18,21,24H,7,10,13-17,19-20H2,1-3H3/t24-/m1/s1. The van der Waals surface area contributed by atoms with Crippen LogP contribution in [-0.2, 0) is 21.4 Å². The zero-order chi connectivity index (χ0) is 25.0. The third-order valence-electron chi connectivity index (χ3n) is 7.14. The maximum atomic E-state index is 13.6. The minimum absolute atomic E-state index is 0.0761. The maximum absolute atomic E-state index is 13.6. The quantitative estimate of drug-likeness (QED) is 0.583. The molecule has 35 heavy (non-hydrogen) atoms. The highest BCUT2D eigenvalue weighted by Crippen LogP contribution is 2.33. The lowest BCUT2D eigenvalue weighted by Crippen LogP contribution is -2.52. The van der Waals surface area contributed by atoms with Gasteiger partial charge in [-0.2, -0.15) is 4.31 Å². The molecule has 2 heterocycles. The monoisotopic (exact) mass is 499 g/mol. The molecule has 2 aromatic carbocycles. The molecule has 7 nitrogen and oxygen atoms in total. The van der Waals surface area contributed by atoms with Gasteiger partial charge in [-0.3, -0.25) is 9.69 Å². The molecule has 0 bridgehead atoms. The molecule has 0 radical (unpaired) electrons. The Balaban J connectivity index is 1.41. The summed E-state index contributed by atoms with van der Waals surface area (Å²) in [6, 6.07) is 15.7. The topological polar surface area (TPSA) is 70.2 Å². The minimum atomic E-state index is -3.77. The summed E-state index contributed by atoms with van der Waals surface area (Å²) < 4.78 is 34.1. The number of benzene rings is 2. The van der Waals surface area contributed by atoms with Gasteiger partial charge in [0, 0.05) is 45.8 Å². The molecule has 2 aliphatic heterocycles. The van der Waals surface area contributed by atoms with Gasteiger partial charge in [0.15, 0.2) is 0 Å². The summed E-state index contributed by atoms with van der Waals surface area (Å²) >= 11 is 0. The van der Waals surface area contributed by atoms with E-state index in [-0.39, 0.29) is 29.2 Å². The number of piperidine rings is 1. The largest absolute Gasteiger partial charge is 0.495 e. The first kappa shape index (κ1) is 25.7. The summed E-state index contributed by atoms with van der Waals surface area (Å²) in [6.07, 6.45) is 1.40. The molecule has 0 saturated carbocycles. The van der Waals surface area contributed by atoms with Crippen molar-refractivity contribution in [1.29, 1.82) is 0 Å². The van der Waals surface area contributed by atoms with Crippen molar-refractivity contribution in [3.8, 4) is 5.75 Å². The van der Waals surface area contributed by atoms with Crippen molar-refractivity contribution in [3.63, 3.8) is 0 Å². The van der Waals surface area contributed by atoms with Gasteiger partial charge in [-0.05, 0) is 42.0 Å². The number of nitrogens with zero attached hydrogens (tertiary/aromatic N) is 3. The first-order chi connectivity index (χ1) is 16.8. The second kappa shape index (κ2) is 11.1. The van der Waals surface area contributed by atoms with Crippen molar-refractivity contribution >= 4 is 15.9 Å². The van der Waals surface area contributed by atoms with Gasteiger partial charge in [0.2, 0.25) is 15.9 Å². The van der Waals surface area contributed by atoms with Crippen LogP contribution in [0.1, 0.15) is 43.7 Å². The average Bonchev–Trinajstić information content (AvgIpc) is 2.89. The van der Waals surface area contributed by atoms with Crippen LogP contribution in [0.25, 0.3) is 0 Å². The Bertz CT molecular complexity index is 1110. The molecule has 2 aromatic rings. The summed E-state index contributed by atoms with van der Waals surface area (Å²) in [5.74, 6) is 0.314. The Labute approximate surface area is 209 Å². The summed E-state index contributed by atoms with van der Waals surface area (Å²) in [5, 5.41) is 0. The van der Waals surface area contributed by atoms with Gasteiger partial charge >= 0.3 is 0 Å². The Morgan fingerprint density at radius 2 is 1.74 bits per heavy atom. The average molecular weight is 500 g/mol. The fraction of sp³-hybridized carbons (Fsp3) is 0.519. The summed E-state index contributed by atoms with van der Waals surface area (Å²) in [4.78, 5) is 17.8. The highest BCUT2D eigenvalue weighted by molar-refractivity contribution is 7.89. The molecule has 2 fully saturated rings. The van der Waals surface area contributed by atoms with E-state index < -0.39 is 10.0 Å². The van der Waals surface area contributed by atoms with Crippen LogP contribution in [0, 0.1) is 5.92 Å². The third-order valence-corrected chi connectivity index (χ3v) is 9.02. The molecule has 2 aliphatic rings. The molecule has 2 saturated heterocycles. The molecule has 8 heteroatoms. The smallest absolute Gasteiger partial charge is 0.246 e. The van der Waals surface area contributed by atoms with E-state index in [1.807, 2.05) is 43.0 Å². The molecule has 1 atom stereocenters. The molecular formula is C27H37N3O4S. The lowest BCUT2D eigenvalue weighted by molar-refractivity contribution is -0.138. The lowest BCUT2D eigenvalue weighted by atomic mass is 9.97. The molecule has 0 spiro atoms. The summed E-state index contributed by atoms with van der Waals surface area (Å²) in [5.41, 5.74) is 2.22. The first-order valence-electron chi connectivity index (χ1n) is 12.5. The van der Waals surface area contributed by atoms with E-state index in [1.165, 1.54) is 17.0 Å². The summed E-state index contributed by atoms with van der Waals surface area (Å²) in [6.45, 7) is 8.62. The van der Waals surface area contributed by atoms with E-state index in [2.05, 4.69) is 17.0 Å². The van der Waals surface area contributed by atoms with E-state index in [4.69, 9.17) is 4.74 Å². The number of amides is 1. The Kier molecular flexibility index (Phi) is 8.14. The Morgan fingerprint density at radius 1 is 1.03 bits per heavy atom. The van der Waals surface area contributed by atoms with Crippen LogP contribution in [0.5, 0.6) is 5.75 Å². The van der Waals surface area contributed by atoms with Gasteiger partial charge in [-0.25, -0.2) is 8.42 Å². The Morgan fingerprint density at radius 3 is 2.40 bits per heavy atom. The van der Waals surface area contributed by atoms with Gasteiger partial charge in [0.25, 0.3) is 0 Å². The predicted octanol–water partition coefficient (Wildman–Crippen LogP) is 3.56. The SMILES string of the molecule is COc1ccc(C(C)C)cc1S(=O)(=O)N1CCC[C@@H](C(=O)N2CCN(Cc3ccccc3)CC2)C1. The second-order valence-corrected chi connectivity index (χ2v) is 11.8. The van der Waals surface area contributed by atoms with E-state index in [1.54, 1.807) is 12.1 Å². The Hall–Kier alpha value is -2.42. The van der Waals surface area contributed by atoms with Crippen LogP contribution in [-0.4, -0.2) is 74.8 Å². The van der Waals surface area contributed by atoms with Crippen LogP contribution >= 0.6 is 0 Å². The van der Waals surface area contributed by atoms with Crippen molar-refractivity contribution in [1.82, 2.24) is 14.1 Å². The number of rotatable bonds is 7. The van der Waals surface area contributed by atoms with Gasteiger partial charge in [0.05, 0.1) is 13.0 Å². The molecule has 1 amide bonds. The number of ether oxygens (including phenoxy) is 1. The first-order valence-corrected chi connectivity index (χ1v) is 14.0. The maximum Gasteiger partial charge on any atom is 0.246 e. The van der Waals surface area contributed by atoms with Crippen molar-refractivity contribution in [2.24, 2.45) is 5.92 Å². The number of hydrogen-bond donors (Lipinski definition) is 0. The number of carbonyl (C=O) groups is 1. The molecule has 0 N–H and O–H groups in total. The van der Waals surface area contributed by atoms with Crippen LogP contribution in [0.15, 0.2) is 53.4 Å². The second-order valence-electron chi connectivity index (χ2n) is 9.85. The molecule has 0 aromatic heterocycles. The van der Waals surface area contributed by atoms with E-state index in [0.717, 1.165) is 31.6 Å². The number of methoxy groups -OCH3 is 1. The zero-order valence-electron chi connectivity index (χ0n) is 21.0. The number of carbonyl (C=O) groups excluding carboxylic acids is 1.